The van der Waals surface area contributed by atoms with Crippen LogP contribution in [0.5, 0.6) is 0 Å². The van der Waals surface area contributed by atoms with E-state index in [1.807, 2.05) is 11.8 Å². The number of nitrogens with zero attached hydrogens (tertiary/aromatic N) is 1. The molecule has 0 radical (unpaired) electrons. The SMILES string of the molecule is c1ccc(-n2c3ccccc3c3cc4ccc(-c5ccc6c(c5)-c5cccc7cccc(c57)S6)cc4cc32)cc1. The Morgan fingerprint density at radius 1 is 0.425 bits per heavy atom. The molecule has 0 fully saturated rings. The van der Waals surface area contributed by atoms with Gasteiger partial charge in [-0.25, -0.2) is 0 Å². The van der Waals surface area contributed by atoms with Crippen LogP contribution in [0.25, 0.3) is 71.3 Å². The summed E-state index contributed by atoms with van der Waals surface area (Å²) in [4.78, 5) is 2.67. The Morgan fingerprint density at radius 2 is 1.23 bits per heavy atom. The molecule has 0 saturated heterocycles. The second kappa shape index (κ2) is 8.35. The zero-order valence-corrected chi connectivity index (χ0v) is 22.5. The van der Waals surface area contributed by atoms with Gasteiger partial charge < -0.3 is 4.57 Å². The van der Waals surface area contributed by atoms with E-state index in [9.17, 15) is 0 Å². The Bertz CT molecular complexity index is 2290. The molecule has 1 nitrogen and oxygen atoms in total. The Kier molecular flexibility index (Phi) is 4.61. The lowest BCUT2D eigenvalue weighted by atomic mass is 9.94. The summed E-state index contributed by atoms with van der Waals surface area (Å²) in [6.45, 7) is 0. The highest BCUT2D eigenvalue weighted by molar-refractivity contribution is 7.99. The Labute approximate surface area is 236 Å². The molecule has 8 aromatic rings. The fourth-order valence-electron chi connectivity index (χ4n) is 6.49. The lowest BCUT2D eigenvalue weighted by molar-refractivity contribution is 1.18. The smallest absolute Gasteiger partial charge is 0.0547 e. The maximum atomic E-state index is 2.39. The zero-order valence-electron chi connectivity index (χ0n) is 21.6. The summed E-state index contributed by atoms with van der Waals surface area (Å²) in [5, 5.41) is 7.77. The molecule has 7 aromatic carbocycles. The lowest BCUT2D eigenvalue weighted by Crippen LogP contribution is -1.93. The maximum absolute atomic E-state index is 2.39. The van der Waals surface area contributed by atoms with Gasteiger partial charge >= 0.3 is 0 Å². The molecule has 0 N–H and O–H groups in total. The third-order valence-corrected chi connectivity index (χ3v) is 9.47. The summed E-state index contributed by atoms with van der Waals surface area (Å²) in [7, 11) is 0. The van der Waals surface area contributed by atoms with Crippen molar-refractivity contribution in [1.29, 1.82) is 0 Å². The molecule has 0 saturated carbocycles. The number of fused-ring (bicyclic) bond motifs is 6. The Morgan fingerprint density at radius 3 is 2.15 bits per heavy atom. The average molecular weight is 526 g/mol. The molecular weight excluding hydrogens is 502 g/mol. The van der Waals surface area contributed by atoms with E-state index in [1.54, 1.807) is 0 Å². The molecule has 0 amide bonds. The van der Waals surface area contributed by atoms with Crippen LogP contribution in [0.2, 0.25) is 0 Å². The molecule has 1 aromatic heterocycles. The van der Waals surface area contributed by atoms with Gasteiger partial charge in [-0.05, 0) is 93.0 Å². The van der Waals surface area contributed by atoms with Crippen molar-refractivity contribution in [2.24, 2.45) is 0 Å². The Balaban J connectivity index is 1.25. The number of hydrogen-bond acceptors (Lipinski definition) is 1. The molecule has 0 bridgehead atoms. The van der Waals surface area contributed by atoms with Gasteiger partial charge in [0.05, 0.1) is 11.0 Å². The first-order chi connectivity index (χ1) is 19.8. The van der Waals surface area contributed by atoms with Crippen LogP contribution < -0.4 is 0 Å². The predicted octanol–water partition coefficient (Wildman–Crippen LogP) is 10.9. The number of benzene rings is 7. The number of para-hydroxylation sites is 2. The fraction of sp³-hybridized carbons (Fsp3) is 0. The van der Waals surface area contributed by atoms with Gasteiger partial charge in [-0.1, -0.05) is 96.7 Å². The van der Waals surface area contributed by atoms with Crippen molar-refractivity contribution in [2.45, 2.75) is 9.79 Å². The van der Waals surface area contributed by atoms with Crippen molar-refractivity contribution in [2.75, 3.05) is 0 Å². The monoisotopic (exact) mass is 525 g/mol. The van der Waals surface area contributed by atoms with Gasteiger partial charge in [0.2, 0.25) is 0 Å². The van der Waals surface area contributed by atoms with Crippen molar-refractivity contribution in [3.05, 3.63) is 140 Å². The van der Waals surface area contributed by atoms with E-state index >= 15 is 0 Å². The number of rotatable bonds is 2. The van der Waals surface area contributed by atoms with Crippen LogP contribution >= 0.6 is 11.8 Å². The van der Waals surface area contributed by atoms with Crippen molar-refractivity contribution in [3.8, 4) is 27.9 Å². The molecule has 2 heterocycles. The summed E-state index contributed by atoms with van der Waals surface area (Å²) in [6, 6.07) is 51.3. The highest BCUT2D eigenvalue weighted by Crippen LogP contribution is 2.48. The van der Waals surface area contributed by atoms with E-state index in [2.05, 4.69) is 144 Å². The fourth-order valence-corrected chi connectivity index (χ4v) is 7.62. The second-order valence-electron chi connectivity index (χ2n) is 10.6. The Hall–Kier alpha value is -4.79. The van der Waals surface area contributed by atoms with Crippen molar-refractivity contribution in [3.63, 3.8) is 0 Å². The minimum atomic E-state index is 1.19. The summed E-state index contributed by atoms with van der Waals surface area (Å²) < 4.78 is 2.39. The first kappa shape index (κ1) is 22.1. The van der Waals surface area contributed by atoms with Gasteiger partial charge in [0.1, 0.15) is 0 Å². The second-order valence-corrected chi connectivity index (χ2v) is 11.7. The van der Waals surface area contributed by atoms with Gasteiger partial charge in [0.25, 0.3) is 0 Å². The third kappa shape index (κ3) is 3.17. The van der Waals surface area contributed by atoms with Crippen LogP contribution in [0, 0.1) is 0 Å². The molecule has 0 aliphatic carbocycles. The first-order valence-corrected chi connectivity index (χ1v) is 14.5. The predicted molar refractivity (Wildman–Crippen MR) is 171 cm³/mol. The number of aromatic nitrogens is 1. The van der Waals surface area contributed by atoms with E-state index in [1.165, 1.54) is 81.1 Å². The third-order valence-electron chi connectivity index (χ3n) is 8.33. The van der Waals surface area contributed by atoms with Crippen LogP contribution in [0.3, 0.4) is 0 Å². The van der Waals surface area contributed by atoms with E-state index < -0.39 is 0 Å². The zero-order chi connectivity index (χ0) is 26.2. The quantitative estimate of drug-likeness (QED) is 0.217. The molecule has 0 spiro atoms. The van der Waals surface area contributed by atoms with E-state index in [4.69, 9.17) is 0 Å². The molecule has 1 aliphatic rings. The van der Waals surface area contributed by atoms with Gasteiger partial charge in [-0.2, -0.15) is 0 Å². The van der Waals surface area contributed by atoms with E-state index in [0.29, 0.717) is 0 Å². The summed E-state index contributed by atoms with van der Waals surface area (Å²) >= 11 is 1.88. The minimum absolute atomic E-state index is 1.19. The summed E-state index contributed by atoms with van der Waals surface area (Å²) in [5.41, 5.74) is 8.81. The highest BCUT2D eigenvalue weighted by Gasteiger charge is 2.20. The normalized spacial score (nSPS) is 12.4. The standard InChI is InChI=1S/C38H23NS/c1-2-10-29(11-3-1)39-34-14-5-4-12-30(34)32-21-27-17-16-25(20-28(27)23-35(32)39)26-18-19-36-33(22-26)31-13-6-8-24-9-7-15-37(40-36)38(24)31/h1-23H. The van der Waals surface area contributed by atoms with E-state index in [0.717, 1.165) is 0 Å². The molecule has 0 atom stereocenters. The largest absolute Gasteiger partial charge is 0.309 e. The molecule has 9 rings (SSSR count). The topological polar surface area (TPSA) is 4.93 Å². The molecule has 0 unspecified atom stereocenters. The summed E-state index contributed by atoms with van der Waals surface area (Å²) in [5.74, 6) is 0. The number of hydrogen-bond donors (Lipinski definition) is 0. The molecule has 40 heavy (non-hydrogen) atoms. The van der Waals surface area contributed by atoms with Crippen molar-refractivity contribution >= 4 is 55.1 Å². The van der Waals surface area contributed by atoms with Crippen LogP contribution in [-0.4, -0.2) is 4.57 Å². The van der Waals surface area contributed by atoms with Crippen LogP contribution in [0.1, 0.15) is 0 Å². The molecule has 1 aliphatic heterocycles. The summed E-state index contributed by atoms with van der Waals surface area (Å²) in [6.07, 6.45) is 0. The minimum Gasteiger partial charge on any atom is -0.309 e. The van der Waals surface area contributed by atoms with Crippen LogP contribution in [0.4, 0.5) is 0 Å². The average Bonchev–Trinajstić information content (AvgIpc) is 3.33. The van der Waals surface area contributed by atoms with Crippen LogP contribution in [0.15, 0.2) is 149 Å². The highest BCUT2D eigenvalue weighted by atomic mass is 32.2. The van der Waals surface area contributed by atoms with Gasteiger partial charge in [0, 0.05) is 31.6 Å². The van der Waals surface area contributed by atoms with Gasteiger partial charge in [0.15, 0.2) is 0 Å². The van der Waals surface area contributed by atoms with Gasteiger partial charge in [-0.15, -0.1) is 0 Å². The van der Waals surface area contributed by atoms with Gasteiger partial charge in [-0.3, -0.25) is 0 Å². The van der Waals surface area contributed by atoms with Crippen molar-refractivity contribution in [1.82, 2.24) is 4.57 Å². The van der Waals surface area contributed by atoms with E-state index in [-0.39, 0.29) is 0 Å². The molecule has 2 heteroatoms. The lowest BCUT2D eigenvalue weighted by Gasteiger charge is -2.21. The molecular formula is C38H23NS. The van der Waals surface area contributed by atoms with Crippen LogP contribution in [-0.2, 0) is 0 Å². The molecule has 186 valence electrons. The first-order valence-electron chi connectivity index (χ1n) is 13.7. The van der Waals surface area contributed by atoms with Crippen molar-refractivity contribution < 1.29 is 0 Å². The maximum Gasteiger partial charge on any atom is 0.0547 e.